The van der Waals surface area contributed by atoms with Crippen molar-refractivity contribution in [2.75, 3.05) is 0 Å². The monoisotopic (exact) mass is 91.0 g/mol. The molecule has 27 valence electrons. The van der Waals surface area contributed by atoms with Gasteiger partial charge in [-0.05, 0) is 0 Å². The van der Waals surface area contributed by atoms with Gasteiger partial charge in [0.25, 0.3) is 10.8 Å². The van der Waals surface area contributed by atoms with E-state index < -0.39 is 10.8 Å². The first kappa shape index (κ1) is 9.24. The molecule has 0 aromatic carbocycles. The molecule has 0 atom stereocenters. The minimum Gasteiger partial charge on any atom is -0.321 e. The molecule has 0 aromatic rings. The molecule has 1 radical (unpaired) electrons. The molecular formula is HClLiO3. The molecule has 5 heteroatoms. The molecule has 0 fully saturated rings. The van der Waals surface area contributed by atoms with Crippen LogP contribution in [-0.4, -0.2) is 23.5 Å². The molecule has 0 aliphatic carbocycles. The summed E-state index contributed by atoms with van der Waals surface area (Å²) < 4.78 is 24.0. The van der Waals surface area contributed by atoms with Crippen LogP contribution in [0.25, 0.3) is 0 Å². The van der Waals surface area contributed by atoms with Crippen LogP contribution in [0.3, 0.4) is 0 Å². The largest absolute Gasteiger partial charge is 0.321 e. The van der Waals surface area contributed by atoms with Crippen molar-refractivity contribution in [3.63, 3.8) is 0 Å². The normalized spacial score (nSPS) is 7.20. The molecular weight excluding hydrogens is 90.4 g/mol. The van der Waals surface area contributed by atoms with Gasteiger partial charge in [-0.3, -0.25) is 0 Å². The number of halogens is 1. The molecule has 0 aliphatic heterocycles. The Morgan fingerprint density at radius 3 is 1.40 bits per heavy atom. The van der Waals surface area contributed by atoms with Crippen LogP contribution in [0, 0.1) is 10.8 Å². The summed E-state index contributed by atoms with van der Waals surface area (Å²) in [6, 6.07) is 0. The first-order valence-electron chi connectivity index (χ1n) is 0.478. The van der Waals surface area contributed by atoms with Crippen molar-refractivity contribution in [3.05, 3.63) is 0 Å². The maximum Gasteiger partial charge on any atom is 0.282 e. The standard InChI is InChI=1S/ClHO3.Li/c2-1(3)4;/h2H;. The van der Waals surface area contributed by atoms with Gasteiger partial charge < -0.3 is 9.32 Å². The van der Waals surface area contributed by atoms with Crippen molar-refractivity contribution in [1.29, 1.82) is 0 Å². The van der Waals surface area contributed by atoms with Gasteiger partial charge in [-0.1, -0.05) is 0 Å². The molecule has 0 heterocycles. The van der Waals surface area contributed by atoms with E-state index in [9.17, 15) is 0 Å². The molecule has 1 N–H and O–H groups in total. The van der Waals surface area contributed by atoms with Crippen LogP contribution >= 0.6 is 0 Å². The summed E-state index contributed by atoms with van der Waals surface area (Å²) in [6.45, 7) is 0. The summed E-state index contributed by atoms with van der Waals surface area (Å²) in [6.07, 6.45) is 0. The SMILES string of the molecule is [Li].[O-][Cl+2]([O-])O. The molecule has 0 spiro atoms. The van der Waals surface area contributed by atoms with E-state index in [0.29, 0.717) is 0 Å². The summed E-state index contributed by atoms with van der Waals surface area (Å²) in [5.41, 5.74) is 0. The molecule has 0 amide bonds. The second-order valence-electron chi connectivity index (χ2n) is 0.201. The fraction of sp³-hybridized carbons (Fsp3) is 0. The summed E-state index contributed by atoms with van der Waals surface area (Å²) in [5.74, 6) is 0. The van der Waals surface area contributed by atoms with Crippen molar-refractivity contribution >= 4 is 18.9 Å². The third kappa shape index (κ3) is 62.0. The molecule has 3 nitrogen and oxygen atoms in total. The topological polar surface area (TPSA) is 66.3 Å². The van der Waals surface area contributed by atoms with E-state index in [-0.39, 0.29) is 18.9 Å². The van der Waals surface area contributed by atoms with Crippen LogP contribution in [-0.2, 0) is 0 Å². The summed E-state index contributed by atoms with van der Waals surface area (Å²) in [7, 11) is -2.60. The third-order valence-corrected chi connectivity index (χ3v) is 0. The minimum atomic E-state index is -2.60. The number of rotatable bonds is 0. The van der Waals surface area contributed by atoms with Crippen LogP contribution in [0.15, 0.2) is 0 Å². The van der Waals surface area contributed by atoms with Gasteiger partial charge in [0.1, 0.15) is 0 Å². The van der Waals surface area contributed by atoms with Gasteiger partial charge in [0.15, 0.2) is 0 Å². The van der Waals surface area contributed by atoms with Crippen molar-refractivity contribution in [2.45, 2.75) is 0 Å². The Morgan fingerprint density at radius 1 is 1.40 bits per heavy atom. The Hall–Kier alpha value is 0.767. The first-order chi connectivity index (χ1) is 1.73. The van der Waals surface area contributed by atoms with Gasteiger partial charge >= 0.3 is 0 Å². The van der Waals surface area contributed by atoms with E-state index in [0.717, 1.165) is 0 Å². The predicted octanol–water partition coefficient (Wildman–Crippen LogP) is -3.32. The summed E-state index contributed by atoms with van der Waals surface area (Å²) in [5, 5.41) is 0. The average Bonchev–Trinajstić information content (AvgIpc) is 0.811. The van der Waals surface area contributed by atoms with Gasteiger partial charge in [-0.25, -0.2) is 0 Å². The van der Waals surface area contributed by atoms with Crippen LogP contribution in [0.1, 0.15) is 0 Å². The summed E-state index contributed by atoms with van der Waals surface area (Å²) >= 11 is 0. The van der Waals surface area contributed by atoms with Crippen LogP contribution in [0.4, 0.5) is 0 Å². The fourth-order valence-electron chi connectivity index (χ4n) is 0. The van der Waals surface area contributed by atoms with E-state index in [1.807, 2.05) is 0 Å². The first-order valence-corrected chi connectivity index (χ1v) is 1.43. The van der Waals surface area contributed by atoms with Gasteiger partial charge in [0.05, 0.1) is 0 Å². The van der Waals surface area contributed by atoms with Crippen LogP contribution in [0.2, 0.25) is 0 Å². The maximum atomic E-state index is 8.52. The predicted molar refractivity (Wildman–Crippen MR) is 7.97 cm³/mol. The van der Waals surface area contributed by atoms with Gasteiger partial charge in [0, 0.05) is 23.5 Å². The molecule has 0 saturated heterocycles. The number of hydrogen-bond acceptors (Lipinski definition) is 3. The Labute approximate surface area is 44.2 Å². The fourth-order valence-corrected chi connectivity index (χ4v) is 0. The Bertz CT molecular complexity index is 11.6. The second kappa shape index (κ2) is 4.77. The van der Waals surface area contributed by atoms with Crippen molar-refractivity contribution in [2.24, 2.45) is 0 Å². The Balaban J connectivity index is 0. The Morgan fingerprint density at radius 2 is 1.40 bits per heavy atom. The molecule has 0 aromatic heterocycles. The van der Waals surface area contributed by atoms with Gasteiger partial charge in [-0.15, -0.1) is 0 Å². The van der Waals surface area contributed by atoms with E-state index >= 15 is 0 Å². The zero-order valence-corrected chi connectivity index (χ0v) is 3.40. The van der Waals surface area contributed by atoms with Crippen molar-refractivity contribution in [1.82, 2.24) is 0 Å². The quantitative estimate of drug-likeness (QED) is 0.317. The van der Waals surface area contributed by atoms with E-state index in [4.69, 9.17) is 14.0 Å². The van der Waals surface area contributed by atoms with Gasteiger partial charge in [-0.2, -0.15) is 0 Å². The zero-order valence-electron chi connectivity index (χ0n) is 2.64. The molecule has 0 bridgehead atoms. The van der Waals surface area contributed by atoms with E-state index in [2.05, 4.69) is 0 Å². The van der Waals surface area contributed by atoms with E-state index in [1.54, 1.807) is 0 Å². The van der Waals surface area contributed by atoms with Crippen molar-refractivity contribution < 1.29 is 24.8 Å². The summed E-state index contributed by atoms with van der Waals surface area (Å²) in [4.78, 5) is 0. The van der Waals surface area contributed by atoms with Crippen LogP contribution < -0.4 is 9.32 Å². The molecule has 5 heavy (non-hydrogen) atoms. The molecule has 0 saturated carbocycles. The molecule has 0 aliphatic rings. The molecule has 0 unspecified atom stereocenters. The number of hydrogen-bond donors (Lipinski definition) is 1. The smallest absolute Gasteiger partial charge is 0.282 e. The average molecular weight is 91.4 g/mol. The van der Waals surface area contributed by atoms with Crippen molar-refractivity contribution in [3.8, 4) is 0 Å². The third-order valence-electron chi connectivity index (χ3n) is 0. The zero-order chi connectivity index (χ0) is 3.58. The Kier molecular flexibility index (Phi) is 8.81. The van der Waals surface area contributed by atoms with E-state index in [1.165, 1.54) is 0 Å². The van der Waals surface area contributed by atoms with Crippen LogP contribution in [0.5, 0.6) is 0 Å². The van der Waals surface area contributed by atoms with Gasteiger partial charge in [0.2, 0.25) is 0 Å². The maximum absolute atomic E-state index is 8.52. The molecule has 0 rings (SSSR count). The minimum absolute atomic E-state index is 0. The second-order valence-corrected chi connectivity index (χ2v) is 0.603.